The van der Waals surface area contributed by atoms with Crippen LogP contribution in [0.25, 0.3) is 0 Å². The number of benzene rings is 1. The molecule has 1 aromatic carbocycles. The second-order valence-electron chi connectivity index (χ2n) is 4.26. The summed E-state index contributed by atoms with van der Waals surface area (Å²) in [6.07, 6.45) is 0. The SMILES string of the molecule is Cc1ccc(Nc2nc(Cl)nc(C)c2N)cc1C. The highest BCUT2D eigenvalue weighted by atomic mass is 35.5. The first kappa shape index (κ1) is 12.6. The first-order chi connectivity index (χ1) is 8.47. The zero-order valence-electron chi connectivity index (χ0n) is 10.6. The summed E-state index contributed by atoms with van der Waals surface area (Å²) in [6.45, 7) is 5.93. The van der Waals surface area contributed by atoms with Crippen LogP contribution >= 0.6 is 11.6 Å². The van der Waals surface area contributed by atoms with Crippen molar-refractivity contribution >= 4 is 28.8 Å². The number of nitrogens with zero attached hydrogens (tertiary/aromatic N) is 2. The summed E-state index contributed by atoms with van der Waals surface area (Å²) < 4.78 is 0. The van der Waals surface area contributed by atoms with Crippen molar-refractivity contribution in [2.45, 2.75) is 20.8 Å². The monoisotopic (exact) mass is 262 g/mol. The molecule has 0 aliphatic carbocycles. The van der Waals surface area contributed by atoms with Gasteiger partial charge in [-0.25, -0.2) is 4.98 Å². The van der Waals surface area contributed by atoms with Gasteiger partial charge in [0.2, 0.25) is 5.28 Å². The minimum atomic E-state index is 0.188. The Kier molecular flexibility index (Phi) is 3.39. The van der Waals surface area contributed by atoms with Crippen molar-refractivity contribution in [3.63, 3.8) is 0 Å². The largest absolute Gasteiger partial charge is 0.394 e. The van der Waals surface area contributed by atoms with E-state index >= 15 is 0 Å². The van der Waals surface area contributed by atoms with E-state index in [2.05, 4.69) is 29.1 Å². The second-order valence-corrected chi connectivity index (χ2v) is 4.60. The molecule has 2 aromatic rings. The van der Waals surface area contributed by atoms with Gasteiger partial charge in [0.25, 0.3) is 0 Å². The van der Waals surface area contributed by atoms with Gasteiger partial charge in [0.15, 0.2) is 5.82 Å². The van der Waals surface area contributed by atoms with Crippen LogP contribution in [0.4, 0.5) is 17.2 Å². The van der Waals surface area contributed by atoms with E-state index < -0.39 is 0 Å². The Morgan fingerprint density at radius 1 is 1.11 bits per heavy atom. The van der Waals surface area contributed by atoms with Gasteiger partial charge in [0.1, 0.15) is 0 Å². The number of nitrogen functional groups attached to an aromatic ring is 1. The average molecular weight is 263 g/mol. The minimum absolute atomic E-state index is 0.188. The van der Waals surface area contributed by atoms with Gasteiger partial charge in [0, 0.05) is 5.69 Å². The Labute approximate surface area is 111 Å². The number of aryl methyl sites for hydroxylation is 3. The van der Waals surface area contributed by atoms with Gasteiger partial charge < -0.3 is 11.1 Å². The Bertz CT molecular complexity index is 596. The normalized spacial score (nSPS) is 10.4. The third-order valence-corrected chi connectivity index (χ3v) is 3.05. The van der Waals surface area contributed by atoms with Crippen LogP contribution in [0.5, 0.6) is 0 Å². The van der Waals surface area contributed by atoms with E-state index in [1.54, 1.807) is 6.92 Å². The quantitative estimate of drug-likeness (QED) is 0.815. The lowest BCUT2D eigenvalue weighted by Gasteiger charge is -2.11. The predicted molar refractivity (Wildman–Crippen MR) is 75.4 cm³/mol. The number of nitrogens with two attached hydrogens (primary N) is 1. The van der Waals surface area contributed by atoms with E-state index in [0.29, 0.717) is 17.2 Å². The molecule has 1 heterocycles. The molecule has 4 nitrogen and oxygen atoms in total. The van der Waals surface area contributed by atoms with Crippen molar-refractivity contribution in [2.75, 3.05) is 11.1 Å². The van der Waals surface area contributed by atoms with Crippen molar-refractivity contribution in [3.8, 4) is 0 Å². The summed E-state index contributed by atoms with van der Waals surface area (Å²) in [7, 11) is 0. The number of rotatable bonds is 2. The molecule has 0 saturated heterocycles. The molecule has 0 saturated carbocycles. The number of hydrogen-bond acceptors (Lipinski definition) is 4. The molecular formula is C13H15ClN4. The highest BCUT2D eigenvalue weighted by molar-refractivity contribution is 6.28. The second kappa shape index (κ2) is 4.82. The number of halogens is 1. The van der Waals surface area contributed by atoms with Crippen LogP contribution in [0.2, 0.25) is 5.28 Å². The fourth-order valence-electron chi connectivity index (χ4n) is 1.60. The molecule has 0 bridgehead atoms. The Morgan fingerprint density at radius 3 is 2.50 bits per heavy atom. The number of hydrogen-bond donors (Lipinski definition) is 2. The van der Waals surface area contributed by atoms with E-state index in [9.17, 15) is 0 Å². The van der Waals surface area contributed by atoms with Gasteiger partial charge in [-0.05, 0) is 55.6 Å². The molecule has 0 unspecified atom stereocenters. The summed E-state index contributed by atoms with van der Waals surface area (Å²) in [5.74, 6) is 0.538. The van der Waals surface area contributed by atoms with Crippen LogP contribution in [-0.2, 0) is 0 Å². The molecule has 18 heavy (non-hydrogen) atoms. The molecule has 0 spiro atoms. The van der Waals surface area contributed by atoms with E-state index in [4.69, 9.17) is 17.3 Å². The zero-order valence-corrected chi connectivity index (χ0v) is 11.3. The summed E-state index contributed by atoms with van der Waals surface area (Å²) >= 11 is 5.83. The van der Waals surface area contributed by atoms with Crippen molar-refractivity contribution in [2.24, 2.45) is 0 Å². The first-order valence-corrected chi connectivity index (χ1v) is 5.99. The molecule has 2 rings (SSSR count). The molecule has 3 N–H and O–H groups in total. The fourth-order valence-corrected chi connectivity index (χ4v) is 1.81. The van der Waals surface area contributed by atoms with E-state index in [0.717, 1.165) is 5.69 Å². The smallest absolute Gasteiger partial charge is 0.224 e. The average Bonchev–Trinajstić information content (AvgIpc) is 2.30. The van der Waals surface area contributed by atoms with Gasteiger partial charge in [-0.1, -0.05) is 6.07 Å². The lowest BCUT2D eigenvalue weighted by atomic mass is 10.1. The van der Waals surface area contributed by atoms with Crippen LogP contribution < -0.4 is 11.1 Å². The maximum absolute atomic E-state index is 5.92. The Hall–Kier alpha value is -1.81. The lowest BCUT2D eigenvalue weighted by molar-refractivity contribution is 1.11. The summed E-state index contributed by atoms with van der Waals surface area (Å²) in [5, 5.41) is 3.35. The van der Waals surface area contributed by atoms with Gasteiger partial charge in [-0.3, -0.25) is 0 Å². The molecule has 1 aromatic heterocycles. The van der Waals surface area contributed by atoms with E-state index in [1.807, 2.05) is 18.2 Å². The van der Waals surface area contributed by atoms with Crippen molar-refractivity contribution in [3.05, 3.63) is 40.3 Å². The molecule has 0 radical (unpaired) electrons. The van der Waals surface area contributed by atoms with Gasteiger partial charge in [-0.2, -0.15) is 4.98 Å². The molecule has 0 aliphatic rings. The number of anilines is 3. The van der Waals surface area contributed by atoms with E-state index in [1.165, 1.54) is 11.1 Å². The molecular weight excluding hydrogens is 248 g/mol. The molecule has 0 atom stereocenters. The van der Waals surface area contributed by atoms with Gasteiger partial charge in [0.05, 0.1) is 11.4 Å². The minimum Gasteiger partial charge on any atom is -0.394 e. The molecule has 0 aliphatic heterocycles. The molecule has 0 fully saturated rings. The maximum Gasteiger partial charge on any atom is 0.224 e. The third-order valence-electron chi connectivity index (χ3n) is 2.88. The molecule has 5 heteroatoms. The Morgan fingerprint density at radius 2 is 1.83 bits per heavy atom. The van der Waals surface area contributed by atoms with Gasteiger partial charge >= 0.3 is 0 Å². The van der Waals surface area contributed by atoms with Crippen LogP contribution in [0.3, 0.4) is 0 Å². The summed E-state index contributed by atoms with van der Waals surface area (Å²) in [6, 6.07) is 6.07. The highest BCUT2D eigenvalue weighted by Gasteiger charge is 2.08. The van der Waals surface area contributed by atoms with Crippen LogP contribution in [-0.4, -0.2) is 9.97 Å². The zero-order chi connectivity index (χ0) is 13.3. The lowest BCUT2D eigenvalue weighted by Crippen LogP contribution is -2.04. The van der Waals surface area contributed by atoms with Crippen LogP contribution in [0.15, 0.2) is 18.2 Å². The Balaban J connectivity index is 2.36. The van der Waals surface area contributed by atoms with Crippen LogP contribution in [0.1, 0.15) is 16.8 Å². The molecule has 0 amide bonds. The van der Waals surface area contributed by atoms with Crippen molar-refractivity contribution in [1.82, 2.24) is 9.97 Å². The van der Waals surface area contributed by atoms with Gasteiger partial charge in [-0.15, -0.1) is 0 Å². The highest BCUT2D eigenvalue weighted by Crippen LogP contribution is 2.25. The molecule has 94 valence electrons. The number of aromatic nitrogens is 2. The van der Waals surface area contributed by atoms with Crippen molar-refractivity contribution in [1.29, 1.82) is 0 Å². The fraction of sp³-hybridized carbons (Fsp3) is 0.231. The maximum atomic E-state index is 5.92. The van der Waals surface area contributed by atoms with E-state index in [-0.39, 0.29) is 5.28 Å². The van der Waals surface area contributed by atoms with Crippen molar-refractivity contribution < 1.29 is 0 Å². The van der Waals surface area contributed by atoms with Crippen LogP contribution in [0, 0.1) is 20.8 Å². The third kappa shape index (κ3) is 2.54. The summed E-state index contributed by atoms with van der Waals surface area (Å²) in [5.41, 5.74) is 10.5. The topological polar surface area (TPSA) is 63.8 Å². The standard InChI is InChI=1S/C13H15ClN4/c1-7-4-5-10(6-8(7)2)17-12-11(15)9(3)16-13(14)18-12/h4-6H,15H2,1-3H3,(H,16,17,18). The predicted octanol–water partition coefficient (Wildman–Crippen LogP) is 3.38. The summed E-state index contributed by atoms with van der Waals surface area (Å²) in [4.78, 5) is 8.10. The number of nitrogens with one attached hydrogen (secondary N) is 1. The first-order valence-electron chi connectivity index (χ1n) is 5.61.